The topological polar surface area (TPSA) is 55.2 Å². The average Bonchev–Trinajstić information content (AvgIpc) is 2.76. The third kappa shape index (κ3) is 4.70. The maximum absolute atomic E-state index is 13.1. The lowest BCUT2D eigenvalue weighted by molar-refractivity contribution is -0.130. The first-order valence-electron chi connectivity index (χ1n) is 10.0. The molecule has 0 fully saturated rings. The molecule has 0 saturated heterocycles. The maximum atomic E-state index is 13.1. The molecule has 0 aliphatic carbocycles. The van der Waals surface area contributed by atoms with Crippen molar-refractivity contribution in [1.82, 2.24) is 14.5 Å². The molecule has 29 heavy (non-hydrogen) atoms. The summed E-state index contributed by atoms with van der Waals surface area (Å²) < 4.78 is 1.69. The zero-order valence-electron chi connectivity index (χ0n) is 17.2. The van der Waals surface area contributed by atoms with Crippen LogP contribution < -0.4 is 5.56 Å². The van der Waals surface area contributed by atoms with Crippen LogP contribution in [0.25, 0.3) is 10.9 Å². The molecule has 0 radical (unpaired) electrons. The highest BCUT2D eigenvalue weighted by Gasteiger charge is 2.25. The van der Waals surface area contributed by atoms with Gasteiger partial charge >= 0.3 is 0 Å². The van der Waals surface area contributed by atoms with Crippen LogP contribution in [0.5, 0.6) is 0 Å². The number of hydrogen-bond acceptors (Lipinski definition) is 4. The number of thioether (sulfide) groups is 1. The fourth-order valence-electron chi connectivity index (χ4n) is 3.47. The van der Waals surface area contributed by atoms with Crippen LogP contribution in [0.1, 0.15) is 39.1 Å². The predicted octanol–water partition coefficient (Wildman–Crippen LogP) is 4.51. The molecule has 1 amide bonds. The molecule has 2 aromatic carbocycles. The van der Waals surface area contributed by atoms with E-state index < -0.39 is 0 Å². The predicted molar refractivity (Wildman–Crippen MR) is 119 cm³/mol. The van der Waals surface area contributed by atoms with E-state index in [1.807, 2.05) is 67.3 Å². The van der Waals surface area contributed by atoms with Crippen LogP contribution in [0, 0.1) is 0 Å². The summed E-state index contributed by atoms with van der Waals surface area (Å²) in [5.41, 5.74) is 0.620. The van der Waals surface area contributed by atoms with Gasteiger partial charge in [-0.05, 0) is 44.5 Å². The van der Waals surface area contributed by atoms with E-state index in [1.54, 1.807) is 10.6 Å². The van der Waals surface area contributed by atoms with E-state index in [-0.39, 0.29) is 17.5 Å². The normalized spacial score (nSPS) is 12.1. The number of benzene rings is 2. The summed E-state index contributed by atoms with van der Waals surface area (Å²) >= 11 is 1.53. The fraction of sp³-hybridized carbons (Fsp3) is 0.348. The van der Waals surface area contributed by atoms with Gasteiger partial charge in [-0.2, -0.15) is 0 Å². The summed E-state index contributed by atoms with van der Waals surface area (Å²) in [5.74, 6) is 1.05. The van der Waals surface area contributed by atoms with Gasteiger partial charge in [-0.25, -0.2) is 4.98 Å². The van der Waals surface area contributed by atoms with Gasteiger partial charge in [-0.3, -0.25) is 14.2 Å². The maximum Gasteiger partial charge on any atom is 0.261 e. The largest absolute Gasteiger partial charge is 0.332 e. The number of rotatable bonds is 8. The number of amides is 1. The summed E-state index contributed by atoms with van der Waals surface area (Å²) in [5, 5.41) is 0.610. The molecule has 0 aliphatic heterocycles. The van der Waals surface area contributed by atoms with Crippen molar-refractivity contribution in [2.75, 3.05) is 12.3 Å². The van der Waals surface area contributed by atoms with Crippen molar-refractivity contribution in [2.45, 2.75) is 44.7 Å². The van der Waals surface area contributed by atoms with Crippen LogP contribution >= 0.6 is 11.8 Å². The second-order valence-corrected chi connectivity index (χ2v) is 7.95. The summed E-state index contributed by atoms with van der Waals surface area (Å²) in [6, 6.07) is 17.0. The molecule has 0 N–H and O–H groups in total. The van der Waals surface area contributed by atoms with E-state index in [9.17, 15) is 9.59 Å². The molecule has 1 atom stereocenters. The number of hydrogen-bond donors (Lipinski definition) is 0. The van der Waals surface area contributed by atoms with Gasteiger partial charge in [0.2, 0.25) is 5.91 Å². The molecule has 0 bridgehead atoms. The van der Waals surface area contributed by atoms with Gasteiger partial charge in [-0.15, -0.1) is 11.8 Å². The third-order valence-electron chi connectivity index (χ3n) is 4.94. The minimum absolute atomic E-state index is 0.0532. The first-order valence-corrected chi connectivity index (χ1v) is 11.0. The number of carbonyl (C=O) groups excluding carboxylic acids is 1. The smallest absolute Gasteiger partial charge is 0.261 e. The van der Waals surface area contributed by atoms with Gasteiger partial charge < -0.3 is 4.90 Å². The molecule has 3 rings (SSSR count). The van der Waals surface area contributed by atoms with Crippen LogP contribution in [0.2, 0.25) is 0 Å². The van der Waals surface area contributed by atoms with Gasteiger partial charge in [0, 0.05) is 18.0 Å². The van der Waals surface area contributed by atoms with E-state index >= 15 is 0 Å². The lowest BCUT2D eigenvalue weighted by atomic mass is 10.2. The molecule has 3 aromatic rings. The summed E-state index contributed by atoms with van der Waals surface area (Å²) in [6.07, 6.45) is 0.843. The van der Waals surface area contributed by atoms with E-state index in [1.165, 1.54) is 11.8 Å². The van der Waals surface area contributed by atoms with Crippen molar-refractivity contribution >= 4 is 28.6 Å². The molecular weight excluding hydrogens is 382 g/mol. The zero-order valence-corrected chi connectivity index (χ0v) is 18.0. The van der Waals surface area contributed by atoms with Crippen LogP contribution in [0.15, 0.2) is 64.3 Å². The highest BCUT2D eigenvalue weighted by molar-refractivity contribution is 8.00. The Balaban J connectivity index is 1.91. The van der Waals surface area contributed by atoms with E-state index in [4.69, 9.17) is 4.98 Å². The molecule has 5 nitrogen and oxygen atoms in total. The minimum atomic E-state index is -0.281. The Labute approximate surface area is 175 Å². The van der Waals surface area contributed by atoms with Gasteiger partial charge in [0.15, 0.2) is 0 Å². The molecule has 1 unspecified atom stereocenters. The van der Waals surface area contributed by atoms with Crippen molar-refractivity contribution in [3.63, 3.8) is 0 Å². The summed E-state index contributed by atoms with van der Waals surface area (Å²) in [7, 11) is 0. The second-order valence-electron chi connectivity index (χ2n) is 6.90. The number of aromatic nitrogens is 2. The van der Waals surface area contributed by atoms with Crippen molar-refractivity contribution in [2.24, 2.45) is 0 Å². The molecule has 1 heterocycles. The van der Waals surface area contributed by atoms with Crippen LogP contribution in [0.4, 0.5) is 0 Å². The van der Waals surface area contributed by atoms with Gasteiger partial charge in [0.05, 0.1) is 22.7 Å². The molecule has 6 heteroatoms. The first-order chi connectivity index (χ1) is 14.1. The van der Waals surface area contributed by atoms with Crippen LogP contribution in [0.3, 0.4) is 0 Å². The second kappa shape index (κ2) is 9.74. The highest BCUT2D eigenvalue weighted by atomic mass is 32.2. The lowest BCUT2D eigenvalue weighted by Crippen LogP contribution is -2.39. The molecule has 0 spiro atoms. The Bertz CT molecular complexity index is 1030. The Kier molecular flexibility index (Phi) is 7.09. The Morgan fingerprint density at radius 3 is 2.48 bits per heavy atom. The van der Waals surface area contributed by atoms with E-state index in [0.29, 0.717) is 35.6 Å². The standard InChI is InChI=1S/C23H27N3O2S/c1-4-15-26(21(27)16-29-18-11-7-6-8-12-18)17(3)22-24-20-14-10-9-13-19(20)23(28)25(22)5-2/h6-14,17H,4-5,15-16H2,1-3H3. The first kappa shape index (κ1) is 21.1. The van der Waals surface area contributed by atoms with Crippen molar-refractivity contribution in [1.29, 1.82) is 0 Å². The van der Waals surface area contributed by atoms with Gasteiger partial charge in [0.25, 0.3) is 5.56 Å². The number of nitrogens with zero attached hydrogens (tertiary/aromatic N) is 3. The number of fused-ring (bicyclic) bond motifs is 1. The van der Waals surface area contributed by atoms with Crippen molar-refractivity contribution in [3.05, 3.63) is 70.8 Å². The third-order valence-corrected chi connectivity index (χ3v) is 5.94. The highest BCUT2D eigenvalue weighted by Crippen LogP contribution is 2.23. The van der Waals surface area contributed by atoms with Crippen molar-refractivity contribution in [3.8, 4) is 0 Å². The number of carbonyl (C=O) groups is 1. The molecular formula is C23H27N3O2S. The SMILES string of the molecule is CCCN(C(=O)CSc1ccccc1)C(C)c1nc2ccccc2c(=O)n1CC. The van der Waals surface area contributed by atoms with Gasteiger partial charge in [-0.1, -0.05) is 37.3 Å². The zero-order chi connectivity index (χ0) is 20.8. The molecule has 0 aliphatic rings. The quantitative estimate of drug-likeness (QED) is 0.514. The molecule has 152 valence electrons. The van der Waals surface area contributed by atoms with Gasteiger partial charge in [0.1, 0.15) is 5.82 Å². The molecule has 0 saturated carbocycles. The van der Waals surface area contributed by atoms with E-state index in [2.05, 4.69) is 6.92 Å². The van der Waals surface area contributed by atoms with E-state index in [0.717, 1.165) is 11.3 Å². The number of para-hydroxylation sites is 1. The van der Waals surface area contributed by atoms with Crippen LogP contribution in [-0.4, -0.2) is 32.7 Å². The van der Waals surface area contributed by atoms with Crippen LogP contribution in [-0.2, 0) is 11.3 Å². The Hall–Kier alpha value is -2.60. The summed E-state index contributed by atoms with van der Waals surface area (Å²) in [4.78, 5) is 33.7. The Morgan fingerprint density at radius 2 is 1.79 bits per heavy atom. The lowest BCUT2D eigenvalue weighted by Gasteiger charge is -2.30. The Morgan fingerprint density at radius 1 is 1.10 bits per heavy atom. The monoisotopic (exact) mass is 409 g/mol. The van der Waals surface area contributed by atoms with Crippen molar-refractivity contribution < 1.29 is 4.79 Å². The molecule has 1 aromatic heterocycles. The average molecular weight is 410 g/mol. The summed E-state index contributed by atoms with van der Waals surface area (Å²) in [6.45, 7) is 7.10. The minimum Gasteiger partial charge on any atom is -0.332 e. The fourth-order valence-corrected chi connectivity index (χ4v) is 4.27.